The summed E-state index contributed by atoms with van der Waals surface area (Å²) in [5, 5.41) is 20.8. The number of Topliss-reactive ketones (excluding diaryl/α,β-unsaturated/α-hetero) is 1. The van der Waals surface area contributed by atoms with Gasteiger partial charge in [-0.05, 0) is 34.7 Å². The Morgan fingerprint density at radius 3 is 2.69 bits per heavy atom. The average molecular weight is 360 g/mol. The van der Waals surface area contributed by atoms with Crippen molar-refractivity contribution in [1.29, 1.82) is 0 Å². The zero-order chi connectivity index (χ0) is 19.1. The summed E-state index contributed by atoms with van der Waals surface area (Å²) in [6, 6.07) is 4.83. The number of aliphatic hydroxyl groups is 1. The van der Waals surface area contributed by atoms with E-state index in [0.717, 1.165) is 12.1 Å². The van der Waals surface area contributed by atoms with E-state index in [-0.39, 0.29) is 12.2 Å². The molecule has 0 bridgehead atoms. The number of tetrazole rings is 1. The van der Waals surface area contributed by atoms with Crippen LogP contribution in [0.3, 0.4) is 0 Å². The lowest BCUT2D eigenvalue weighted by Crippen LogP contribution is -2.18. The Kier molecular flexibility index (Phi) is 6.45. The monoisotopic (exact) mass is 360 g/mol. The van der Waals surface area contributed by atoms with Crippen LogP contribution in [0.25, 0.3) is 5.57 Å². The van der Waals surface area contributed by atoms with Crippen molar-refractivity contribution in [1.82, 2.24) is 20.2 Å². The smallest absolute Gasteiger partial charge is 0.318 e. The standard InChI is InChI=1S/C17H17FN4O4/c1-11(17-19-20-21-22(17)2)3-6-13(23)9-14(24)10-16(25)26-15-7-4-12(18)5-8-15/h3-8,13,23H,1,9-10H2,2H3. The molecule has 0 amide bonds. The maximum atomic E-state index is 12.8. The Labute approximate surface area is 148 Å². The van der Waals surface area contributed by atoms with E-state index >= 15 is 0 Å². The van der Waals surface area contributed by atoms with Crippen molar-refractivity contribution >= 4 is 17.3 Å². The predicted octanol–water partition coefficient (Wildman–Crippen LogP) is 1.23. The number of allylic oxidation sites excluding steroid dienone is 2. The zero-order valence-corrected chi connectivity index (χ0v) is 14.0. The largest absolute Gasteiger partial charge is 0.426 e. The van der Waals surface area contributed by atoms with Crippen LogP contribution < -0.4 is 4.74 Å². The second-order valence-corrected chi connectivity index (χ2v) is 5.43. The van der Waals surface area contributed by atoms with Gasteiger partial charge in [0, 0.05) is 19.0 Å². The van der Waals surface area contributed by atoms with Gasteiger partial charge in [0.05, 0.1) is 6.10 Å². The molecule has 0 fully saturated rings. The van der Waals surface area contributed by atoms with Crippen LogP contribution in [-0.2, 0) is 16.6 Å². The summed E-state index contributed by atoms with van der Waals surface area (Å²) >= 11 is 0. The topological polar surface area (TPSA) is 107 Å². The summed E-state index contributed by atoms with van der Waals surface area (Å²) in [7, 11) is 1.64. The van der Waals surface area contributed by atoms with Gasteiger partial charge in [-0.25, -0.2) is 9.07 Å². The molecule has 0 radical (unpaired) electrons. The maximum absolute atomic E-state index is 12.8. The van der Waals surface area contributed by atoms with Crippen LogP contribution >= 0.6 is 0 Å². The lowest BCUT2D eigenvalue weighted by Gasteiger charge is -2.06. The Morgan fingerprint density at radius 1 is 1.38 bits per heavy atom. The third kappa shape index (κ3) is 5.71. The van der Waals surface area contributed by atoms with Gasteiger partial charge in [0.2, 0.25) is 0 Å². The molecule has 8 nitrogen and oxygen atoms in total. The molecule has 0 aliphatic rings. The van der Waals surface area contributed by atoms with E-state index in [1.54, 1.807) is 7.05 Å². The summed E-state index contributed by atoms with van der Waals surface area (Å²) in [6.07, 6.45) is 0.982. The van der Waals surface area contributed by atoms with Crippen LogP contribution in [0.15, 0.2) is 43.0 Å². The molecule has 0 saturated carbocycles. The Bertz CT molecular complexity index is 830. The minimum absolute atomic E-state index is 0.137. The van der Waals surface area contributed by atoms with Gasteiger partial charge in [0.15, 0.2) is 5.82 Å². The van der Waals surface area contributed by atoms with Gasteiger partial charge < -0.3 is 9.84 Å². The Balaban J connectivity index is 1.80. The first kappa shape index (κ1) is 19.1. The number of esters is 1. The molecule has 136 valence electrons. The number of carbonyl (C=O) groups excluding carboxylic acids is 2. The second-order valence-electron chi connectivity index (χ2n) is 5.43. The van der Waals surface area contributed by atoms with Crippen molar-refractivity contribution in [2.45, 2.75) is 18.9 Å². The lowest BCUT2D eigenvalue weighted by molar-refractivity contribution is -0.138. The number of ether oxygens (including phenoxy) is 1. The Morgan fingerprint density at radius 2 is 2.08 bits per heavy atom. The van der Waals surface area contributed by atoms with E-state index in [1.807, 2.05) is 0 Å². The first-order chi connectivity index (χ1) is 12.3. The fourth-order valence-electron chi connectivity index (χ4n) is 2.01. The van der Waals surface area contributed by atoms with E-state index in [2.05, 4.69) is 22.1 Å². The van der Waals surface area contributed by atoms with Crippen molar-refractivity contribution < 1.29 is 23.8 Å². The molecule has 0 aliphatic heterocycles. The molecule has 2 aromatic rings. The minimum Gasteiger partial charge on any atom is -0.426 e. The molecule has 2 rings (SSSR count). The molecule has 9 heteroatoms. The number of hydrogen-bond donors (Lipinski definition) is 1. The normalized spacial score (nSPS) is 12.1. The summed E-state index contributed by atoms with van der Waals surface area (Å²) < 4.78 is 19.1. The van der Waals surface area contributed by atoms with E-state index in [0.29, 0.717) is 11.4 Å². The Hall–Kier alpha value is -3.20. The number of aryl methyl sites for hydroxylation is 1. The van der Waals surface area contributed by atoms with Gasteiger partial charge in [-0.1, -0.05) is 18.7 Å². The van der Waals surface area contributed by atoms with Crippen LogP contribution in [0.1, 0.15) is 18.7 Å². The number of nitrogens with zero attached hydrogens (tertiary/aromatic N) is 4. The predicted molar refractivity (Wildman–Crippen MR) is 89.3 cm³/mol. The van der Waals surface area contributed by atoms with Gasteiger partial charge in [-0.3, -0.25) is 9.59 Å². The molecule has 0 saturated heterocycles. The summed E-state index contributed by atoms with van der Waals surface area (Å²) in [4.78, 5) is 23.5. The molecular weight excluding hydrogens is 343 g/mol. The molecule has 0 spiro atoms. The lowest BCUT2D eigenvalue weighted by atomic mass is 10.1. The number of carbonyl (C=O) groups is 2. The molecule has 1 aromatic heterocycles. The van der Waals surface area contributed by atoms with E-state index in [4.69, 9.17) is 4.74 Å². The van der Waals surface area contributed by atoms with Crippen LogP contribution in [0, 0.1) is 5.82 Å². The minimum atomic E-state index is -1.10. The molecule has 1 N–H and O–H groups in total. The van der Waals surface area contributed by atoms with Crippen molar-refractivity contribution in [3.05, 3.63) is 54.6 Å². The second kappa shape index (κ2) is 8.77. The van der Waals surface area contributed by atoms with Gasteiger partial charge in [-0.15, -0.1) is 5.10 Å². The van der Waals surface area contributed by atoms with Crippen LogP contribution in [0.4, 0.5) is 4.39 Å². The van der Waals surface area contributed by atoms with Gasteiger partial charge >= 0.3 is 5.97 Å². The first-order valence-corrected chi connectivity index (χ1v) is 7.61. The van der Waals surface area contributed by atoms with E-state index in [1.165, 1.54) is 29.0 Å². The van der Waals surface area contributed by atoms with Crippen molar-refractivity contribution in [3.8, 4) is 5.75 Å². The molecule has 1 aromatic carbocycles. The third-order valence-electron chi connectivity index (χ3n) is 3.25. The number of hydrogen-bond acceptors (Lipinski definition) is 7. The van der Waals surface area contributed by atoms with Crippen molar-refractivity contribution in [2.75, 3.05) is 0 Å². The molecule has 1 unspecified atom stereocenters. The van der Waals surface area contributed by atoms with Crippen molar-refractivity contribution in [2.24, 2.45) is 7.05 Å². The molecular formula is C17H17FN4O4. The average Bonchev–Trinajstić information content (AvgIpc) is 3.00. The number of aromatic nitrogens is 4. The van der Waals surface area contributed by atoms with Crippen LogP contribution in [-0.4, -0.2) is 43.2 Å². The number of rotatable bonds is 8. The van der Waals surface area contributed by atoms with E-state index in [9.17, 15) is 19.1 Å². The SMILES string of the molecule is C=C(C=CC(O)CC(=O)CC(=O)Oc1ccc(F)cc1)c1nnnn1C. The molecule has 1 heterocycles. The van der Waals surface area contributed by atoms with Gasteiger partial charge in [-0.2, -0.15) is 0 Å². The first-order valence-electron chi connectivity index (χ1n) is 7.61. The van der Waals surface area contributed by atoms with Crippen LogP contribution in [0.2, 0.25) is 0 Å². The van der Waals surface area contributed by atoms with Crippen LogP contribution in [0.5, 0.6) is 5.75 Å². The highest BCUT2D eigenvalue weighted by Gasteiger charge is 2.15. The summed E-state index contributed by atoms with van der Waals surface area (Å²) in [6.45, 7) is 3.76. The quantitative estimate of drug-likeness (QED) is 0.326. The van der Waals surface area contributed by atoms with E-state index < -0.39 is 30.1 Å². The molecule has 0 aliphatic carbocycles. The number of halogens is 1. The number of benzene rings is 1. The van der Waals surface area contributed by atoms with Gasteiger partial charge in [0.1, 0.15) is 23.8 Å². The molecule has 1 atom stereocenters. The van der Waals surface area contributed by atoms with Crippen molar-refractivity contribution in [3.63, 3.8) is 0 Å². The number of ketones is 1. The molecule has 26 heavy (non-hydrogen) atoms. The fourth-order valence-corrected chi connectivity index (χ4v) is 2.01. The maximum Gasteiger partial charge on any atom is 0.318 e. The highest BCUT2D eigenvalue weighted by molar-refractivity contribution is 5.96. The fraction of sp³-hybridized carbons (Fsp3) is 0.235. The zero-order valence-electron chi connectivity index (χ0n) is 14.0. The number of aliphatic hydroxyl groups excluding tert-OH is 1. The summed E-state index contributed by atoms with van der Waals surface area (Å²) in [5.74, 6) is -1.19. The summed E-state index contributed by atoms with van der Waals surface area (Å²) in [5.41, 5.74) is 0.458. The van der Waals surface area contributed by atoms with Gasteiger partial charge in [0.25, 0.3) is 0 Å². The highest BCUT2D eigenvalue weighted by atomic mass is 19.1. The third-order valence-corrected chi connectivity index (χ3v) is 3.25. The highest BCUT2D eigenvalue weighted by Crippen LogP contribution is 2.13.